The number of unbranched alkanes of at least 4 members (excludes halogenated alkanes) is 2. The number of carbonyl (C=O) groups is 2. The number of carboxylic acid groups (broad SMARTS) is 1. The Morgan fingerprint density at radius 2 is 1.91 bits per heavy atom. The summed E-state index contributed by atoms with van der Waals surface area (Å²) in [5.74, 6) is 0.352. The van der Waals surface area contributed by atoms with Crippen molar-refractivity contribution in [3.05, 3.63) is 42.0 Å². The van der Waals surface area contributed by atoms with Crippen molar-refractivity contribution in [3.63, 3.8) is 0 Å². The highest BCUT2D eigenvalue weighted by Gasteiger charge is 2.15. The second-order valence-corrected chi connectivity index (χ2v) is 8.26. The maximum Gasteiger partial charge on any atom is 0.322 e. The molecule has 1 heterocycles. The lowest BCUT2D eigenvalue weighted by Crippen LogP contribution is -2.38. The number of aromatic nitrogens is 1. The van der Waals surface area contributed by atoms with Crippen molar-refractivity contribution in [2.75, 3.05) is 45.7 Å². The van der Waals surface area contributed by atoms with E-state index in [0.717, 1.165) is 36.9 Å². The van der Waals surface area contributed by atoms with Gasteiger partial charge in [0.05, 0.1) is 5.69 Å². The molecule has 0 aliphatic carbocycles. The second-order valence-electron chi connectivity index (χ2n) is 8.26. The molecule has 1 aromatic heterocycles. The molecule has 8 nitrogen and oxygen atoms in total. The number of rotatable bonds is 13. The summed E-state index contributed by atoms with van der Waals surface area (Å²) in [6.45, 7) is 3.99. The quantitative estimate of drug-likeness (QED) is 0.442. The minimum atomic E-state index is -0.834. The third kappa shape index (κ3) is 8.73. The summed E-state index contributed by atoms with van der Waals surface area (Å²) >= 11 is 0. The average molecular weight is 457 g/mol. The van der Waals surface area contributed by atoms with Gasteiger partial charge in [-0.2, -0.15) is 0 Å². The number of hydrogen-bond donors (Lipinski definition) is 2. The van der Waals surface area contributed by atoms with Crippen molar-refractivity contribution >= 4 is 17.8 Å². The first-order valence-electron chi connectivity index (χ1n) is 11.4. The van der Waals surface area contributed by atoms with Gasteiger partial charge in [-0.05, 0) is 56.8 Å². The zero-order valence-electron chi connectivity index (χ0n) is 20.1. The summed E-state index contributed by atoms with van der Waals surface area (Å²) in [5.41, 5.74) is 2.37. The number of hydrogen-bond acceptors (Lipinski definition) is 5. The fraction of sp³-hybridized carbons (Fsp3) is 0.480. The number of nitrogens with one attached hydrogen (secondary N) is 1. The smallest absolute Gasteiger partial charge is 0.322 e. The molecule has 0 atom stereocenters. The minimum Gasteiger partial charge on any atom is -0.492 e. The Bertz CT molecular complexity index is 917. The Labute approximate surface area is 196 Å². The summed E-state index contributed by atoms with van der Waals surface area (Å²) in [5, 5.41) is 11.9. The number of aryl methyl sites for hydroxylation is 1. The zero-order chi connectivity index (χ0) is 24.2. The van der Waals surface area contributed by atoms with Gasteiger partial charge in [-0.3, -0.25) is 9.69 Å². The van der Waals surface area contributed by atoms with Crippen molar-refractivity contribution in [1.29, 1.82) is 0 Å². The van der Waals surface area contributed by atoms with Crippen molar-refractivity contribution in [1.82, 2.24) is 15.2 Å². The molecule has 2 N–H and O–H groups in total. The van der Waals surface area contributed by atoms with E-state index in [0.29, 0.717) is 36.8 Å². The van der Waals surface area contributed by atoms with Crippen LogP contribution in [0.5, 0.6) is 5.75 Å². The number of carboxylic acids is 1. The fourth-order valence-electron chi connectivity index (χ4n) is 3.20. The molecule has 0 aliphatic heterocycles. The molecule has 0 bridgehead atoms. The summed E-state index contributed by atoms with van der Waals surface area (Å²) < 4.78 is 6.05. The topological polar surface area (TPSA) is 95.0 Å². The Kier molecular flexibility index (Phi) is 10.6. The molecule has 0 spiro atoms. The molecular formula is C25H36N4O4. The molecule has 0 aliphatic rings. The molecule has 0 fully saturated rings. The van der Waals surface area contributed by atoms with Crippen LogP contribution in [0.15, 0.2) is 36.4 Å². The van der Waals surface area contributed by atoms with E-state index in [1.54, 1.807) is 13.1 Å². The summed E-state index contributed by atoms with van der Waals surface area (Å²) in [4.78, 5) is 31.7. The normalized spacial score (nSPS) is 10.8. The fourth-order valence-corrected chi connectivity index (χ4v) is 3.20. The van der Waals surface area contributed by atoms with Gasteiger partial charge in [-0.25, -0.2) is 9.78 Å². The van der Waals surface area contributed by atoms with Gasteiger partial charge < -0.3 is 20.1 Å². The molecule has 0 saturated carbocycles. The third-order valence-electron chi connectivity index (χ3n) is 5.18. The van der Waals surface area contributed by atoms with E-state index in [4.69, 9.17) is 14.8 Å². The largest absolute Gasteiger partial charge is 0.492 e. The average Bonchev–Trinajstić information content (AvgIpc) is 2.80. The summed E-state index contributed by atoms with van der Waals surface area (Å²) in [6, 6.07) is 11.0. The standard InChI is InChI=1S/C25H36N4O4/c1-5-6-7-15-26-25(32)29(4)23-10-8-9-21(27-23)20-13-11-19(12-14-24(30)31)18-22(20)33-17-16-28(2)3/h8-11,13,18H,5-7,12,14-17H2,1-4H3,(H,26,32)(H,30,31). The number of benzene rings is 1. The van der Waals surface area contributed by atoms with Crippen LogP contribution in [0.4, 0.5) is 10.6 Å². The number of aliphatic carboxylic acids is 1. The highest BCUT2D eigenvalue weighted by Crippen LogP contribution is 2.31. The van der Waals surface area contributed by atoms with Gasteiger partial charge in [0.25, 0.3) is 0 Å². The van der Waals surface area contributed by atoms with Crippen molar-refractivity contribution in [2.24, 2.45) is 0 Å². The molecule has 0 unspecified atom stereocenters. The van der Waals surface area contributed by atoms with Crippen LogP contribution in [0, 0.1) is 0 Å². The van der Waals surface area contributed by atoms with Crippen LogP contribution in [-0.4, -0.2) is 67.8 Å². The minimum absolute atomic E-state index is 0.0579. The van der Waals surface area contributed by atoms with Gasteiger partial charge in [0.2, 0.25) is 0 Å². The number of anilines is 1. The molecule has 8 heteroatoms. The molecule has 2 aromatic rings. The predicted octanol–water partition coefficient (Wildman–Crippen LogP) is 4.04. The maximum atomic E-state index is 12.5. The van der Waals surface area contributed by atoms with Gasteiger partial charge in [-0.1, -0.05) is 31.9 Å². The van der Waals surface area contributed by atoms with Crippen LogP contribution >= 0.6 is 0 Å². The van der Waals surface area contributed by atoms with Gasteiger partial charge in [0.1, 0.15) is 18.2 Å². The number of ether oxygens (including phenoxy) is 1. The van der Waals surface area contributed by atoms with Crippen molar-refractivity contribution in [3.8, 4) is 17.0 Å². The van der Waals surface area contributed by atoms with Crippen LogP contribution in [-0.2, 0) is 11.2 Å². The first-order chi connectivity index (χ1) is 15.8. The Morgan fingerprint density at radius 1 is 1.12 bits per heavy atom. The van der Waals surface area contributed by atoms with Gasteiger partial charge >= 0.3 is 12.0 Å². The molecule has 0 saturated heterocycles. The predicted molar refractivity (Wildman–Crippen MR) is 131 cm³/mol. The van der Waals surface area contributed by atoms with Crippen molar-refractivity contribution in [2.45, 2.75) is 39.0 Å². The number of amides is 2. The highest BCUT2D eigenvalue weighted by atomic mass is 16.5. The number of nitrogens with zero attached hydrogens (tertiary/aromatic N) is 3. The first-order valence-corrected chi connectivity index (χ1v) is 11.4. The lowest BCUT2D eigenvalue weighted by molar-refractivity contribution is -0.136. The van der Waals surface area contributed by atoms with Crippen molar-refractivity contribution < 1.29 is 19.4 Å². The maximum absolute atomic E-state index is 12.5. The van der Waals surface area contributed by atoms with Gasteiger partial charge in [0.15, 0.2) is 0 Å². The highest BCUT2D eigenvalue weighted by molar-refractivity contribution is 5.90. The molecule has 33 heavy (non-hydrogen) atoms. The van der Waals surface area contributed by atoms with E-state index < -0.39 is 5.97 Å². The molecule has 0 radical (unpaired) electrons. The van der Waals surface area contributed by atoms with Crippen LogP contribution in [0.25, 0.3) is 11.3 Å². The van der Waals surface area contributed by atoms with Crippen LogP contribution in [0.2, 0.25) is 0 Å². The lowest BCUT2D eigenvalue weighted by atomic mass is 10.0. The van der Waals surface area contributed by atoms with E-state index in [9.17, 15) is 9.59 Å². The van der Waals surface area contributed by atoms with E-state index in [1.165, 1.54) is 4.90 Å². The number of carbonyl (C=O) groups excluding carboxylic acids is 1. The van der Waals surface area contributed by atoms with Gasteiger partial charge in [-0.15, -0.1) is 0 Å². The van der Waals surface area contributed by atoms with Crippen LogP contribution in [0.3, 0.4) is 0 Å². The SMILES string of the molecule is CCCCCNC(=O)N(C)c1cccc(-c2ccc(CCC(=O)O)cc2OCCN(C)C)n1. The molecule has 180 valence electrons. The molecule has 2 amide bonds. The summed E-state index contributed by atoms with van der Waals surface area (Å²) in [6.07, 6.45) is 3.61. The molecular weight excluding hydrogens is 420 g/mol. The van der Waals surface area contributed by atoms with E-state index >= 15 is 0 Å². The Morgan fingerprint density at radius 3 is 2.61 bits per heavy atom. The van der Waals surface area contributed by atoms with E-state index in [2.05, 4.69) is 12.2 Å². The monoisotopic (exact) mass is 456 g/mol. The van der Waals surface area contributed by atoms with Gasteiger partial charge in [0, 0.05) is 32.1 Å². The molecule has 1 aromatic carbocycles. The number of likely N-dealkylation sites (N-methyl/N-ethyl adjacent to an activating group) is 1. The summed E-state index contributed by atoms with van der Waals surface area (Å²) in [7, 11) is 5.65. The number of urea groups is 1. The lowest BCUT2D eigenvalue weighted by Gasteiger charge is -2.19. The van der Waals surface area contributed by atoms with Crippen LogP contribution in [0.1, 0.15) is 38.2 Å². The molecule has 2 rings (SSSR count). The van der Waals surface area contributed by atoms with E-state index in [1.807, 2.05) is 49.3 Å². The van der Waals surface area contributed by atoms with Crippen LogP contribution < -0.4 is 15.0 Å². The Balaban J connectivity index is 2.24. The van der Waals surface area contributed by atoms with E-state index in [-0.39, 0.29) is 12.5 Å². The Hall–Kier alpha value is -3.13. The zero-order valence-corrected chi connectivity index (χ0v) is 20.1. The number of pyridine rings is 1. The second kappa shape index (κ2) is 13.4. The first kappa shape index (κ1) is 26.1. The third-order valence-corrected chi connectivity index (χ3v) is 5.18.